The van der Waals surface area contributed by atoms with Crippen molar-refractivity contribution in [2.24, 2.45) is 0 Å². The summed E-state index contributed by atoms with van der Waals surface area (Å²) >= 11 is 0. The zero-order chi connectivity index (χ0) is 7.56. The van der Waals surface area contributed by atoms with Crippen LogP contribution in [0.5, 0.6) is 0 Å². The van der Waals surface area contributed by atoms with Crippen LogP contribution in [0.4, 0.5) is 0 Å². The van der Waals surface area contributed by atoms with Gasteiger partial charge in [0.05, 0.1) is 0 Å². The Labute approximate surface area is 60.7 Å². The summed E-state index contributed by atoms with van der Waals surface area (Å²) in [4.78, 5) is 10.8. The molecular weight excluding hydrogens is 124 g/mol. The molecule has 1 radical (unpaired) electrons. The predicted octanol–water partition coefficient (Wildman–Crippen LogP) is 2.07. The van der Waals surface area contributed by atoms with Gasteiger partial charge in [0.1, 0.15) is 0 Å². The first-order valence-electron chi connectivity index (χ1n) is 3.13. The molecule has 0 spiro atoms. The molecule has 0 aromatic heterocycles. The number of ketones is 1. The van der Waals surface area contributed by atoms with Gasteiger partial charge in [0.2, 0.25) is 0 Å². The molecule has 0 atom stereocenters. The zero-order valence-electron chi connectivity index (χ0n) is 5.92. The van der Waals surface area contributed by atoms with Gasteiger partial charge in [-0.1, -0.05) is 18.2 Å². The van der Waals surface area contributed by atoms with Crippen LogP contribution < -0.4 is 0 Å². The maximum absolute atomic E-state index is 10.8. The van der Waals surface area contributed by atoms with Gasteiger partial charge in [-0.3, -0.25) is 4.79 Å². The molecule has 1 aromatic rings. The highest BCUT2D eigenvalue weighted by atomic mass is 16.1. The highest BCUT2D eigenvalue weighted by Gasteiger charge is 1.95. The summed E-state index contributed by atoms with van der Waals surface area (Å²) in [6.07, 6.45) is 0. The highest BCUT2D eigenvalue weighted by molar-refractivity contribution is 5.94. The third kappa shape index (κ3) is 1.44. The molecular formula is C9H9O. The van der Waals surface area contributed by atoms with E-state index in [1.54, 1.807) is 19.1 Å². The molecule has 1 nitrogen and oxygen atoms in total. The Kier molecular flexibility index (Phi) is 1.86. The van der Waals surface area contributed by atoms with Crippen molar-refractivity contribution in [3.63, 3.8) is 0 Å². The molecule has 1 aromatic carbocycles. The van der Waals surface area contributed by atoms with E-state index < -0.39 is 0 Å². The standard InChI is InChI=1S/C9H9O/c1-7-4-3-5-9(6-7)8(2)10/h3-6H,1H2,2H3. The summed E-state index contributed by atoms with van der Waals surface area (Å²) in [7, 11) is 0. The van der Waals surface area contributed by atoms with Gasteiger partial charge < -0.3 is 0 Å². The third-order valence-corrected chi connectivity index (χ3v) is 1.33. The van der Waals surface area contributed by atoms with Crippen LogP contribution in [0.25, 0.3) is 0 Å². The Morgan fingerprint density at radius 3 is 2.60 bits per heavy atom. The van der Waals surface area contributed by atoms with Gasteiger partial charge in [0.25, 0.3) is 0 Å². The van der Waals surface area contributed by atoms with Gasteiger partial charge >= 0.3 is 0 Å². The molecule has 0 fully saturated rings. The lowest BCUT2D eigenvalue weighted by atomic mass is 10.1. The number of Topliss-reactive ketones (excluding diaryl/α,β-unsaturated/α-hetero) is 1. The maximum Gasteiger partial charge on any atom is 0.159 e. The second-order valence-electron chi connectivity index (χ2n) is 2.26. The average Bonchev–Trinajstić information content (AvgIpc) is 1.88. The summed E-state index contributed by atoms with van der Waals surface area (Å²) in [5, 5.41) is 0. The zero-order valence-corrected chi connectivity index (χ0v) is 5.92. The molecule has 0 N–H and O–H groups in total. The smallest absolute Gasteiger partial charge is 0.159 e. The van der Waals surface area contributed by atoms with Crippen molar-refractivity contribution in [3.8, 4) is 0 Å². The Morgan fingerprint density at radius 1 is 1.50 bits per heavy atom. The topological polar surface area (TPSA) is 17.1 Å². The van der Waals surface area contributed by atoms with Crippen molar-refractivity contribution < 1.29 is 4.79 Å². The SMILES string of the molecule is [CH2]c1cccc(C(C)=O)c1. The lowest BCUT2D eigenvalue weighted by Crippen LogP contribution is -1.90. The molecule has 51 valence electrons. The van der Waals surface area contributed by atoms with Crippen molar-refractivity contribution in [2.75, 3.05) is 0 Å². The van der Waals surface area contributed by atoms with Crippen molar-refractivity contribution >= 4 is 5.78 Å². The first kappa shape index (κ1) is 7.00. The van der Waals surface area contributed by atoms with Gasteiger partial charge in [-0.15, -0.1) is 0 Å². The van der Waals surface area contributed by atoms with Crippen LogP contribution >= 0.6 is 0 Å². The normalized spacial score (nSPS) is 9.40. The number of hydrogen-bond acceptors (Lipinski definition) is 1. The Bertz CT molecular complexity index is 251. The van der Waals surface area contributed by atoms with Crippen LogP contribution in [-0.4, -0.2) is 5.78 Å². The minimum Gasteiger partial charge on any atom is -0.295 e. The van der Waals surface area contributed by atoms with Gasteiger partial charge in [-0.2, -0.15) is 0 Å². The monoisotopic (exact) mass is 133 g/mol. The van der Waals surface area contributed by atoms with E-state index in [1.807, 2.05) is 12.1 Å². The Balaban J connectivity index is 3.07. The van der Waals surface area contributed by atoms with E-state index in [0.717, 1.165) is 11.1 Å². The van der Waals surface area contributed by atoms with Crippen LogP contribution in [0.1, 0.15) is 22.8 Å². The minimum atomic E-state index is 0.0884. The number of hydrogen-bond donors (Lipinski definition) is 0. The Hall–Kier alpha value is -1.11. The Morgan fingerprint density at radius 2 is 2.20 bits per heavy atom. The summed E-state index contributed by atoms with van der Waals surface area (Å²) < 4.78 is 0. The molecule has 0 saturated carbocycles. The van der Waals surface area contributed by atoms with Gasteiger partial charge in [0.15, 0.2) is 5.78 Å². The minimum absolute atomic E-state index is 0.0884. The quantitative estimate of drug-likeness (QED) is 0.536. The van der Waals surface area contributed by atoms with Crippen molar-refractivity contribution in [1.82, 2.24) is 0 Å². The second-order valence-corrected chi connectivity index (χ2v) is 2.26. The molecule has 0 aliphatic carbocycles. The van der Waals surface area contributed by atoms with Gasteiger partial charge in [0, 0.05) is 5.56 Å². The summed E-state index contributed by atoms with van der Waals surface area (Å²) in [6.45, 7) is 5.26. The van der Waals surface area contributed by atoms with Gasteiger partial charge in [-0.05, 0) is 25.5 Å². The lowest BCUT2D eigenvalue weighted by molar-refractivity contribution is 0.101. The van der Waals surface area contributed by atoms with E-state index in [4.69, 9.17) is 0 Å². The molecule has 0 saturated heterocycles. The van der Waals surface area contributed by atoms with Crippen LogP contribution in [0.15, 0.2) is 24.3 Å². The fraction of sp³-hybridized carbons (Fsp3) is 0.111. The van der Waals surface area contributed by atoms with Crippen LogP contribution in [-0.2, 0) is 0 Å². The number of rotatable bonds is 1. The highest BCUT2D eigenvalue weighted by Crippen LogP contribution is 2.03. The van der Waals surface area contributed by atoms with Crippen molar-refractivity contribution in [3.05, 3.63) is 42.3 Å². The molecule has 0 aliphatic heterocycles. The number of benzene rings is 1. The lowest BCUT2D eigenvalue weighted by Gasteiger charge is -1.94. The van der Waals surface area contributed by atoms with Crippen molar-refractivity contribution in [1.29, 1.82) is 0 Å². The summed E-state index contributed by atoms with van der Waals surface area (Å²) in [5.41, 5.74) is 1.61. The van der Waals surface area contributed by atoms with E-state index in [-0.39, 0.29) is 5.78 Å². The number of carbonyl (C=O) groups excluding carboxylic acids is 1. The van der Waals surface area contributed by atoms with Crippen LogP contribution in [0, 0.1) is 6.92 Å². The molecule has 1 heteroatoms. The van der Waals surface area contributed by atoms with E-state index in [1.165, 1.54) is 0 Å². The molecule has 0 aliphatic rings. The first-order chi connectivity index (χ1) is 4.70. The van der Waals surface area contributed by atoms with E-state index in [9.17, 15) is 4.79 Å². The fourth-order valence-electron chi connectivity index (χ4n) is 0.790. The van der Waals surface area contributed by atoms with Crippen molar-refractivity contribution in [2.45, 2.75) is 6.92 Å². The molecule has 0 amide bonds. The summed E-state index contributed by atoms with van der Waals surface area (Å²) in [6, 6.07) is 7.27. The van der Waals surface area contributed by atoms with Gasteiger partial charge in [-0.25, -0.2) is 0 Å². The van der Waals surface area contributed by atoms with E-state index in [0.29, 0.717) is 0 Å². The first-order valence-corrected chi connectivity index (χ1v) is 3.13. The second kappa shape index (κ2) is 2.65. The van der Waals surface area contributed by atoms with Crippen LogP contribution in [0.3, 0.4) is 0 Å². The maximum atomic E-state index is 10.8. The fourth-order valence-corrected chi connectivity index (χ4v) is 0.790. The molecule has 1 rings (SSSR count). The molecule has 0 bridgehead atoms. The third-order valence-electron chi connectivity index (χ3n) is 1.33. The van der Waals surface area contributed by atoms with E-state index >= 15 is 0 Å². The molecule has 10 heavy (non-hydrogen) atoms. The van der Waals surface area contributed by atoms with Crippen LogP contribution in [0.2, 0.25) is 0 Å². The largest absolute Gasteiger partial charge is 0.295 e. The molecule has 0 heterocycles. The average molecular weight is 133 g/mol. The number of carbonyl (C=O) groups is 1. The molecule has 0 unspecified atom stereocenters. The summed E-state index contributed by atoms with van der Waals surface area (Å²) in [5.74, 6) is 0.0884. The predicted molar refractivity (Wildman–Crippen MR) is 40.9 cm³/mol. The van der Waals surface area contributed by atoms with E-state index in [2.05, 4.69) is 6.92 Å².